The Labute approximate surface area is 152 Å². The minimum absolute atomic E-state index is 0.0343. The number of thiazole rings is 1. The molecule has 0 aliphatic carbocycles. The summed E-state index contributed by atoms with van der Waals surface area (Å²) in [7, 11) is 0. The average molecular weight is 350 g/mol. The topological polar surface area (TPSA) is 42.0 Å². The van der Waals surface area contributed by atoms with Crippen molar-refractivity contribution in [3.05, 3.63) is 69.0 Å². The van der Waals surface area contributed by atoms with Crippen LogP contribution in [0.3, 0.4) is 0 Å². The molecule has 0 atom stereocenters. The predicted molar refractivity (Wildman–Crippen MR) is 105 cm³/mol. The first-order valence-electron chi connectivity index (χ1n) is 8.31. The Hall–Kier alpha value is -2.46. The smallest absolute Gasteiger partial charge is 0.231 e. The summed E-state index contributed by atoms with van der Waals surface area (Å²) in [5.74, 6) is -0.0343. The van der Waals surface area contributed by atoms with Crippen LogP contribution in [0.15, 0.2) is 41.8 Å². The number of aromatic nitrogens is 1. The van der Waals surface area contributed by atoms with Crippen molar-refractivity contribution in [2.45, 2.75) is 34.1 Å². The number of aryl methyl sites for hydroxylation is 4. The zero-order valence-electron chi connectivity index (χ0n) is 15.0. The maximum atomic E-state index is 12.3. The number of nitrogens with zero attached hydrogens (tertiary/aromatic N) is 1. The van der Waals surface area contributed by atoms with E-state index >= 15 is 0 Å². The number of hydrogen-bond donors (Lipinski definition) is 1. The molecule has 2 aromatic carbocycles. The molecule has 1 heterocycles. The molecule has 3 rings (SSSR count). The molecule has 0 saturated carbocycles. The highest BCUT2D eigenvalue weighted by molar-refractivity contribution is 7.10. The molecule has 0 spiro atoms. The van der Waals surface area contributed by atoms with Crippen LogP contribution in [0.2, 0.25) is 0 Å². The lowest BCUT2D eigenvalue weighted by Crippen LogP contribution is -2.15. The van der Waals surface area contributed by atoms with Gasteiger partial charge in [0.25, 0.3) is 0 Å². The lowest BCUT2D eigenvalue weighted by molar-refractivity contribution is -0.115. The van der Waals surface area contributed by atoms with Crippen molar-refractivity contribution in [3.8, 4) is 11.3 Å². The van der Waals surface area contributed by atoms with Gasteiger partial charge in [0.2, 0.25) is 5.91 Å². The van der Waals surface area contributed by atoms with Gasteiger partial charge in [-0.05, 0) is 56.5 Å². The van der Waals surface area contributed by atoms with Crippen LogP contribution >= 0.6 is 11.3 Å². The normalized spacial score (nSPS) is 10.7. The first-order valence-corrected chi connectivity index (χ1v) is 9.19. The van der Waals surface area contributed by atoms with Gasteiger partial charge in [-0.25, -0.2) is 4.98 Å². The maximum absolute atomic E-state index is 12.3. The van der Waals surface area contributed by atoms with E-state index in [1.165, 1.54) is 28.0 Å². The van der Waals surface area contributed by atoms with Gasteiger partial charge in [-0.2, -0.15) is 0 Å². The van der Waals surface area contributed by atoms with Crippen LogP contribution in [-0.2, 0) is 11.2 Å². The Bertz CT molecular complexity index is 927. The van der Waals surface area contributed by atoms with Crippen LogP contribution in [-0.4, -0.2) is 10.9 Å². The van der Waals surface area contributed by atoms with Crippen molar-refractivity contribution in [1.82, 2.24) is 4.98 Å². The average Bonchev–Trinajstić information content (AvgIpc) is 3.01. The van der Waals surface area contributed by atoms with Crippen LogP contribution in [0, 0.1) is 27.7 Å². The van der Waals surface area contributed by atoms with Crippen LogP contribution < -0.4 is 5.32 Å². The monoisotopic (exact) mass is 350 g/mol. The van der Waals surface area contributed by atoms with Gasteiger partial charge >= 0.3 is 0 Å². The molecule has 1 N–H and O–H groups in total. The molecule has 1 amide bonds. The Morgan fingerprint density at radius 3 is 2.52 bits per heavy atom. The highest BCUT2D eigenvalue weighted by Gasteiger charge is 2.11. The second-order valence-electron chi connectivity index (χ2n) is 6.47. The standard InChI is InChI=1S/C21H22N2OS/c1-13-5-8-18(16(4)9-13)22-20(24)11-21-23-19(12-25-21)17-7-6-14(2)15(3)10-17/h5-10,12H,11H2,1-4H3,(H,22,24). The molecule has 4 heteroatoms. The van der Waals surface area contributed by atoms with Gasteiger partial charge < -0.3 is 5.32 Å². The van der Waals surface area contributed by atoms with Gasteiger partial charge in [-0.1, -0.05) is 29.8 Å². The van der Waals surface area contributed by atoms with Crippen LogP contribution in [0.25, 0.3) is 11.3 Å². The minimum atomic E-state index is -0.0343. The van der Waals surface area contributed by atoms with Crippen molar-refractivity contribution >= 4 is 22.9 Å². The summed E-state index contributed by atoms with van der Waals surface area (Å²) in [6.07, 6.45) is 0.294. The van der Waals surface area contributed by atoms with Crippen molar-refractivity contribution in [1.29, 1.82) is 0 Å². The third-order valence-corrected chi connectivity index (χ3v) is 5.17. The fourth-order valence-electron chi connectivity index (χ4n) is 2.71. The summed E-state index contributed by atoms with van der Waals surface area (Å²) in [5.41, 5.74) is 7.67. The van der Waals surface area contributed by atoms with Crippen molar-refractivity contribution < 1.29 is 4.79 Å². The first kappa shape index (κ1) is 17.4. The Kier molecular flexibility index (Phi) is 5.00. The first-order chi connectivity index (χ1) is 11.9. The third-order valence-electron chi connectivity index (χ3n) is 4.32. The molecule has 3 nitrogen and oxygen atoms in total. The minimum Gasteiger partial charge on any atom is -0.325 e. The van der Waals surface area contributed by atoms with E-state index in [0.717, 1.165) is 27.5 Å². The van der Waals surface area contributed by atoms with E-state index in [9.17, 15) is 4.79 Å². The van der Waals surface area contributed by atoms with Crippen LogP contribution in [0.5, 0.6) is 0 Å². The number of carbonyl (C=O) groups is 1. The lowest BCUT2D eigenvalue weighted by Gasteiger charge is -2.08. The number of benzene rings is 2. The molecular weight excluding hydrogens is 328 g/mol. The highest BCUT2D eigenvalue weighted by Crippen LogP contribution is 2.24. The SMILES string of the molecule is Cc1ccc(NC(=O)Cc2nc(-c3ccc(C)c(C)c3)cs2)c(C)c1. The summed E-state index contributed by atoms with van der Waals surface area (Å²) < 4.78 is 0. The van der Waals surface area contributed by atoms with Gasteiger partial charge in [0.15, 0.2) is 0 Å². The van der Waals surface area contributed by atoms with Crippen LogP contribution in [0.1, 0.15) is 27.3 Å². The second-order valence-corrected chi connectivity index (χ2v) is 7.41. The van der Waals surface area contributed by atoms with Gasteiger partial charge in [-0.15, -0.1) is 11.3 Å². The van der Waals surface area contributed by atoms with Crippen molar-refractivity contribution in [2.24, 2.45) is 0 Å². The number of amides is 1. The largest absolute Gasteiger partial charge is 0.325 e. The molecule has 3 aromatic rings. The number of nitrogens with one attached hydrogen (secondary N) is 1. The molecule has 0 saturated heterocycles. The van der Waals surface area contributed by atoms with E-state index < -0.39 is 0 Å². The third kappa shape index (κ3) is 4.15. The molecule has 0 aliphatic heterocycles. The molecule has 25 heavy (non-hydrogen) atoms. The van der Waals surface area contributed by atoms with Gasteiger partial charge in [-0.3, -0.25) is 4.79 Å². The molecule has 128 valence electrons. The van der Waals surface area contributed by atoms with E-state index in [2.05, 4.69) is 48.4 Å². The van der Waals surface area contributed by atoms with Gasteiger partial charge in [0.05, 0.1) is 12.1 Å². The molecule has 0 radical (unpaired) electrons. The van der Waals surface area contributed by atoms with E-state index in [0.29, 0.717) is 6.42 Å². The van der Waals surface area contributed by atoms with E-state index in [1.807, 2.05) is 31.4 Å². The molecule has 0 unspecified atom stereocenters. The predicted octanol–water partition coefficient (Wildman–Crippen LogP) is 5.22. The lowest BCUT2D eigenvalue weighted by atomic mass is 10.1. The number of carbonyl (C=O) groups excluding carboxylic acids is 1. The summed E-state index contributed by atoms with van der Waals surface area (Å²) in [6, 6.07) is 12.4. The summed E-state index contributed by atoms with van der Waals surface area (Å²) >= 11 is 1.53. The number of anilines is 1. The molecule has 1 aromatic heterocycles. The van der Waals surface area contributed by atoms with Crippen molar-refractivity contribution in [3.63, 3.8) is 0 Å². The Morgan fingerprint density at radius 2 is 1.80 bits per heavy atom. The Morgan fingerprint density at radius 1 is 1.00 bits per heavy atom. The molecule has 0 aliphatic rings. The van der Waals surface area contributed by atoms with E-state index in [1.54, 1.807) is 0 Å². The summed E-state index contributed by atoms with van der Waals surface area (Å²) in [5, 5.41) is 5.83. The van der Waals surface area contributed by atoms with Gasteiger partial charge in [0.1, 0.15) is 5.01 Å². The summed E-state index contributed by atoms with van der Waals surface area (Å²) in [4.78, 5) is 16.9. The fourth-order valence-corrected chi connectivity index (χ4v) is 3.51. The maximum Gasteiger partial charge on any atom is 0.231 e. The Balaban J connectivity index is 1.70. The summed E-state index contributed by atoms with van der Waals surface area (Å²) in [6.45, 7) is 8.25. The molecule has 0 bridgehead atoms. The quantitative estimate of drug-likeness (QED) is 0.700. The van der Waals surface area contributed by atoms with Crippen LogP contribution in [0.4, 0.5) is 5.69 Å². The second kappa shape index (κ2) is 7.19. The zero-order chi connectivity index (χ0) is 18.0. The van der Waals surface area contributed by atoms with E-state index in [-0.39, 0.29) is 5.91 Å². The molecule has 0 fully saturated rings. The number of hydrogen-bond acceptors (Lipinski definition) is 3. The zero-order valence-corrected chi connectivity index (χ0v) is 15.8. The molecular formula is C21H22N2OS. The van der Waals surface area contributed by atoms with E-state index in [4.69, 9.17) is 0 Å². The van der Waals surface area contributed by atoms with Crippen molar-refractivity contribution in [2.75, 3.05) is 5.32 Å². The fraction of sp³-hybridized carbons (Fsp3) is 0.238. The highest BCUT2D eigenvalue weighted by atomic mass is 32.1. The van der Waals surface area contributed by atoms with Gasteiger partial charge in [0, 0.05) is 16.6 Å². The number of rotatable bonds is 4.